The van der Waals surface area contributed by atoms with Gasteiger partial charge >= 0.3 is 0 Å². The van der Waals surface area contributed by atoms with Crippen molar-refractivity contribution in [2.45, 2.75) is 0 Å². The molecule has 0 saturated carbocycles. The van der Waals surface area contributed by atoms with Crippen LogP contribution in [-0.2, 0) is 0 Å². The standard InChI is InChI=1S/C11H8Br2ClN3/c12-6-1-2-8(14)10(3-6)17-11-7(13)4-16-5-9(11)15/h1-5H,15H2,(H,16,17). The van der Waals surface area contributed by atoms with Gasteiger partial charge < -0.3 is 11.1 Å². The van der Waals surface area contributed by atoms with Crippen LogP contribution in [0.25, 0.3) is 0 Å². The first-order valence-electron chi connectivity index (χ1n) is 4.69. The second kappa shape index (κ2) is 5.25. The Labute approximate surface area is 121 Å². The molecule has 0 aliphatic rings. The number of nitrogens with two attached hydrogens (primary N) is 1. The predicted molar refractivity (Wildman–Crippen MR) is 78.8 cm³/mol. The molecule has 3 N–H and O–H groups in total. The molecule has 0 saturated heterocycles. The Morgan fingerprint density at radius 2 is 2.00 bits per heavy atom. The number of rotatable bonds is 2. The average Bonchev–Trinajstić information content (AvgIpc) is 2.28. The lowest BCUT2D eigenvalue weighted by Gasteiger charge is -2.12. The first kappa shape index (κ1) is 12.7. The second-order valence-corrected chi connectivity index (χ2v) is 5.51. The molecule has 0 radical (unpaired) electrons. The van der Waals surface area contributed by atoms with Gasteiger partial charge in [0.2, 0.25) is 0 Å². The Kier molecular flexibility index (Phi) is 3.91. The van der Waals surface area contributed by atoms with Crippen molar-refractivity contribution in [3.63, 3.8) is 0 Å². The third-order valence-electron chi connectivity index (χ3n) is 2.12. The number of anilines is 3. The number of pyridine rings is 1. The SMILES string of the molecule is Nc1cncc(Br)c1Nc1cc(Br)ccc1Cl. The van der Waals surface area contributed by atoms with Crippen LogP contribution in [-0.4, -0.2) is 4.98 Å². The number of benzene rings is 1. The summed E-state index contributed by atoms with van der Waals surface area (Å²) < 4.78 is 1.72. The number of hydrogen-bond acceptors (Lipinski definition) is 3. The van der Waals surface area contributed by atoms with Gasteiger partial charge in [0.25, 0.3) is 0 Å². The Hall–Kier alpha value is -0.780. The molecule has 2 rings (SSSR count). The summed E-state index contributed by atoms with van der Waals surface area (Å²) in [6.45, 7) is 0. The first-order chi connectivity index (χ1) is 8.08. The Morgan fingerprint density at radius 1 is 1.24 bits per heavy atom. The maximum atomic E-state index is 6.10. The minimum Gasteiger partial charge on any atom is -0.396 e. The van der Waals surface area contributed by atoms with Gasteiger partial charge in [0.05, 0.1) is 32.8 Å². The molecule has 0 aliphatic carbocycles. The van der Waals surface area contributed by atoms with E-state index < -0.39 is 0 Å². The smallest absolute Gasteiger partial charge is 0.0794 e. The highest BCUT2D eigenvalue weighted by Crippen LogP contribution is 2.34. The van der Waals surface area contributed by atoms with Gasteiger partial charge in [-0.05, 0) is 34.1 Å². The monoisotopic (exact) mass is 375 g/mol. The molecule has 3 nitrogen and oxygen atoms in total. The lowest BCUT2D eigenvalue weighted by atomic mass is 10.3. The zero-order valence-electron chi connectivity index (χ0n) is 8.55. The van der Waals surface area contributed by atoms with Crippen molar-refractivity contribution in [1.82, 2.24) is 4.98 Å². The van der Waals surface area contributed by atoms with Crippen LogP contribution in [0.15, 0.2) is 39.5 Å². The largest absolute Gasteiger partial charge is 0.396 e. The van der Waals surface area contributed by atoms with Crippen molar-refractivity contribution < 1.29 is 0 Å². The molecule has 0 fully saturated rings. The molecular weight excluding hydrogens is 369 g/mol. The van der Waals surface area contributed by atoms with E-state index in [-0.39, 0.29) is 0 Å². The molecule has 6 heteroatoms. The van der Waals surface area contributed by atoms with E-state index in [2.05, 4.69) is 42.2 Å². The molecule has 17 heavy (non-hydrogen) atoms. The van der Waals surface area contributed by atoms with Gasteiger partial charge in [0, 0.05) is 10.7 Å². The van der Waals surface area contributed by atoms with Crippen molar-refractivity contribution in [3.05, 3.63) is 44.6 Å². The van der Waals surface area contributed by atoms with Gasteiger partial charge in [-0.25, -0.2) is 0 Å². The lowest BCUT2D eigenvalue weighted by molar-refractivity contribution is 1.31. The summed E-state index contributed by atoms with van der Waals surface area (Å²) in [5, 5.41) is 3.80. The van der Waals surface area contributed by atoms with E-state index in [0.29, 0.717) is 10.7 Å². The van der Waals surface area contributed by atoms with Crippen molar-refractivity contribution in [1.29, 1.82) is 0 Å². The third-order valence-corrected chi connectivity index (χ3v) is 3.54. The highest BCUT2D eigenvalue weighted by atomic mass is 79.9. The topological polar surface area (TPSA) is 50.9 Å². The Bertz CT molecular complexity index is 540. The van der Waals surface area contributed by atoms with Crippen molar-refractivity contribution in [2.75, 3.05) is 11.1 Å². The van der Waals surface area contributed by atoms with E-state index in [4.69, 9.17) is 17.3 Å². The summed E-state index contributed by atoms with van der Waals surface area (Å²) in [6, 6.07) is 5.56. The van der Waals surface area contributed by atoms with Crippen LogP contribution in [0.2, 0.25) is 5.02 Å². The van der Waals surface area contributed by atoms with Gasteiger partial charge in [-0.3, -0.25) is 4.98 Å². The molecule has 0 bridgehead atoms. The first-order valence-corrected chi connectivity index (χ1v) is 6.65. The number of halogens is 3. The van der Waals surface area contributed by atoms with E-state index in [1.165, 1.54) is 0 Å². The van der Waals surface area contributed by atoms with Crippen molar-refractivity contribution in [3.8, 4) is 0 Å². The maximum absolute atomic E-state index is 6.10. The van der Waals surface area contributed by atoms with Gasteiger partial charge in [-0.15, -0.1) is 0 Å². The zero-order chi connectivity index (χ0) is 12.4. The third kappa shape index (κ3) is 2.91. The fourth-order valence-corrected chi connectivity index (χ4v) is 2.28. The van der Waals surface area contributed by atoms with E-state index >= 15 is 0 Å². The van der Waals surface area contributed by atoms with Crippen LogP contribution in [0.4, 0.5) is 17.1 Å². The van der Waals surface area contributed by atoms with E-state index in [9.17, 15) is 0 Å². The van der Waals surface area contributed by atoms with Crippen LogP contribution >= 0.6 is 43.5 Å². The summed E-state index contributed by atoms with van der Waals surface area (Å²) in [4.78, 5) is 3.97. The molecule has 0 unspecified atom stereocenters. The molecule has 1 aromatic heterocycles. The van der Waals surface area contributed by atoms with Crippen LogP contribution in [0.3, 0.4) is 0 Å². The zero-order valence-corrected chi connectivity index (χ0v) is 12.5. The summed E-state index contributed by atoms with van der Waals surface area (Å²) in [6.07, 6.45) is 3.25. The number of aromatic nitrogens is 1. The Balaban J connectivity index is 2.41. The number of nitrogen functional groups attached to an aromatic ring is 1. The quantitative estimate of drug-likeness (QED) is 0.805. The summed E-state index contributed by atoms with van der Waals surface area (Å²) in [5.74, 6) is 0. The number of nitrogens with one attached hydrogen (secondary N) is 1. The normalized spacial score (nSPS) is 10.3. The number of nitrogens with zero attached hydrogens (tertiary/aromatic N) is 1. The molecule has 0 atom stereocenters. The summed E-state index contributed by atoms with van der Waals surface area (Å²) in [7, 11) is 0. The second-order valence-electron chi connectivity index (χ2n) is 3.33. The Morgan fingerprint density at radius 3 is 2.71 bits per heavy atom. The minimum atomic E-state index is 0.551. The van der Waals surface area contributed by atoms with Gasteiger partial charge in [0.1, 0.15) is 0 Å². The maximum Gasteiger partial charge on any atom is 0.0794 e. The molecular formula is C11H8Br2ClN3. The van der Waals surface area contributed by atoms with Gasteiger partial charge in [-0.1, -0.05) is 27.5 Å². The molecule has 2 aromatic rings. The molecule has 0 aliphatic heterocycles. The summed E-state index contributed by atoms with van der Waals surface area (Å²) in [5.41, 5.74) is 7.93. The van der Waals surface area contributed by atoms with Crippen LogP contribution in [0, 0.1) is 0 Å². The molecule has 0 amide bonds. The number of hydrogen-bond donors (Lipinski definition) is 2. The fourth-order valence-electron chi connectivity index (χ4n) is 1.31. The van der Waals surface area contributed by atoms with E-state index in [1.54, 1.807) is 18.5 Å². The highest BCUT2D eigenvalue weighted by Gasteiger charge is 2.07. The van der Waals surface area contributed by atoms with Crippen LogP contribution < -0.4 is 11.1 Å². The molecule has 88 valence electrons. The predicted octanol–water partition coefficient (Wildman–Crippen LogP) is 4.59. The van der Waals surface area contributed by atoms with Gasteiger partial charge in [0.15, 0.2) is 0 Å². The van der Waals surface area contributed by atoms with E-state index in [1.807, 2.05) is 12.1 Å². The van der Waals surface area contributed by atoms with Crippen LogP contribution in [0.1, 0.15) is 0 Å². The summed E-state index contributed by atoms with van der Waals surface area (Å²) >= 11 is 12.9. The lowest BCUT2D eigenvalue weighted by Crippen LogP contribution is -1.98. The van der Waals surface area contributed by atoms with Crippen molar-refractivity contribution in [2.24, 2.45) is 0 Å². The minimum absolute atomic E-state index is 0.551. The van der Waals surface area contributed by atoms with Crippen LogP contribution in [0.5, 0.6) is 0 Å². The fraction of sp³-hybridized carbons (Fsp3) is 0. The molecule has 0 spiro atoms. The van der Waals surface area contributed by atoms with Gasteiger partial charge in [-0.2, -0.15) is 0 Å². The molecule has 1 aromatic carbocycles. The average molecular weight is 377 g/mol. The molecule has 1 heterocycles. The van der Waals surface area contributed by atoms with E-state index in [0.717, 1.165) is 20.3 Å². The highest BCUT2D eigenvalue weighted by molar-refractivity contribution is 9.10. The van der Waals surface area contributed by atoms with Crippen molar-refractivity contribution >= 4 is 60.5 Å².